The van der Waals surface area contributed by atoms with E-state index >= 15 is 0 Å². The molecule has 0 radical (unpaired) electrons. The third-order valence-electron chi connectivity index (χ3n) is 1.90. The summed E-state index contributed by atoms with van der Waals surface area (Å²) in [5.74, 6) is 0. The van der Waals surface area contributed by atoms with Gasteiger partial charge in [-0.3, -0.25) is 4.79 Å². The van der Waals surface area contributed by atoms with Crippen LogP contribution >= 0.6 is 0 Å². The normalized spacial score (nSPS) is 12.2. The Labute approximate surface area is 85.5 Å². The number of pyridine rings is 1. The summed E-state index contributed by atoms with van der Waals surface area (Å²) < 4.78 is 61.1. The van der Waals surface area contributed by atoms with Crippen molar-refractivity contribution in [3.63, 3.8) is 0 Å². The van der Waals surface area contributed by atoms with Gasteiger partial charge < -0.3 is 10.1 Å². The highest BCUT2D eigenvalue weighted by Gasteiger charge is 2.35. The fourth-order valence-electron chi connectivity index (χ4n) is 1.15. The largest absolute Gasteiger partial charge is 0.421 e. The van der Waals surface area contributed by atoms with Gasteiger partial charge in [-0.2, -0.15) is 13.2 Å². The van der Waals surface area contributed by atoms with E-state index in [4.69, 9.17) is 5.11 Å². The van der Waals surface area contributed by atoms with Gasteiger partial charge >= 0.3 is 6.18 Å². The topological polar surface area (TPSA) is 53.1 Å². The van der Waals surface area contributed by atoms with Crippen molar-refractivity contribution < 1.29 is 27.1 Å². The molecule has 0 atom stereocenters. The first-order chi connectivity index (χ1) is 7.29. The first-order valence-electron chi connectivity index (χ1n) is 3.99. The fraction of sp³-hybridized carbons (Fsp3) is 0.375. The number of aliphatic hydroxyl groups is 1. The summed E-state index contributed by atoms with van der Waals surface area (Å²) in [7, 11) is 0. The van der Waals surface area contributed by atoms with E-state index in [1.165, 1.54) is 0 Å². The zero-order valence-electron chi connectivity index (χ0n) is 7.61. The predicted molar refractivity (Wildman–Crippen MR) is 42.9 cm³/mol. The van der Waals surface area contributed by atoms with Crippen molar-refractivity contribution in [1.29, 1.82) is 0 Å². The van der Waals surface area contributed by atoms with Crippen molar-refractivity contribution in [2.24, 2.45) is 0 Å². The molecule has 0 aliphatic rings. The lowest BCUT2D eigenvalue weighted by Gasteiger charge is -2.10. The van der Waals surface area contributed by atoms with Crippen LogP contribution in [0.4, 0.5) is 22.0 Å². The van der Waals surface area contributed by atoms with Gasteiger partial charge in [0.1, 0.15) is 5.56 Å². The number of aromatic nitrogens is 1. The molecule has 0 amide bonds. The van der Waals surface area contributed by atoms with Gasteiger partial charge in [0.25, 0.3) is 6.43 Å². The molecule has 0 saturated heterocycles. The summed E-state index contributed by atoms with van der Waals surface area (Å²) in [6, 6.07) is 0. The number of alkyl halides is 5. The van der Waals surface area contributed by atoms with Gasteiger partial charge in [0, 0.05) is 6.20 Å². The highest BCUT2D eigenvalue weighted by atomic mass is 19.4. The van der Waals surface area contributed by atoms with E-state index in [0.717, 1.165) is 0 Å². The average molecular weight is 243 g/mol. The molecule has 16 heavy (non-hydrogen) atoms. The Morgan fingerprint density at radius 3 is 2.31 bits per heavy atom. The number of H-pyrrole nitrogens is 1. The van der Waals surface area contributed by atoms with Crippen LogP contribution in [0.15, 0.2) is 11.0 Å². The van der Waals surface area contributed by atoms with Gasteiger partial charge in [-0.15, -0.1) is 0 Å². The Morgan fingerprint density at radius 1 is 1.38 bits per heavy atom. The molecule has 3 nitrogen and oxygen atoms in total. The van der Waals surface area contributed by atoms with Crippen molar-refractivity contribution >= 4 is 0 Å². The zero-order valence-corrected chi connectivity index (χ0v) is 7.61. The molecular formula is C8H6F5NO2. The number of hydrogen-bond acceptors (Lipinski definition) is 2. The quantitative estimate of drug-likeness (QED) is 0.778. The maximum absolute atomic E-state index is 12.3. The van der Waals surface area contributed by atoms with Gasteiger partial charge in [0.15, 0.2) is 5.43 Å². The average Bonchev–Trinajstić information content (AvgIpc) is 2.14. The van der Waals surface area contributed by atoms with Crippen LogP contribution in [0.3, 0.4) is 0 Å². The Bertz CT molecular complexity index is 437. The highest BCUT2D eigenvalue weighted by molar-refractivity contribution is 5.27. The van der Waals surface area contributed by atoms with E-state index in [1.807, 2.05) is 0 Å². The lowest BCUT2D eigenvalue weighted by atomic mass is 10.1. The maximum atomic E-state index is 12.3. The Morgan fingerprint density at radius 2 is 1.94 bits per heavy atom. The van der Waals surface area contributed by atoms with Crippen molar-refractivity contribution in [2.45, 2.75) is 19.2 Å². The molecule has 1 heterocycles. The highest BCUT2D eigenvalue weighted by Crippen LogP contribution is 2.28. The van der Waals surface area contributed by atoms with Crippen LogP contribution in [0.5, 0.6) is 0 Å². The molecule has 0 aromatic carbocycles. The molecule has 0 bridgehead atoms. The van der Waals surface area contributed by atoms with Crippen LogP contribution in [0.25, 0.3) is 0 Å². The van der Waals surface area contributed by atoms with E-state index in [1.54, 1.807) is 4.98 Å². The van der Waals surface area contributed by atoms with E-state index < -0.39 is 41.5 Å². The van der Waals surface area contributed by atoms with Gasteiger partial charge in [-0.1, -0.05) is 0 Å². The Balaban J connectivity index is 3.47. The van der Waals surface area contributed by atoms with Crippen molar-refractivity contribution in [3.8, 4) is 0 Å². The number of halogens is 5. The molecule has 0 unspecified atom stereocenters. The molecule has 1 aromatic rings. The van der Waals surface area contributed by atoms with Crippen molar-refractivity contribution in [3.05, 3.63) is 33.2 Å². The summed E-state index contributed by atoms with van der Waals surface area (Å²) in [6.07, 6.45) is -7.93. The first-order valence-corrected chi connectivity index (χ1v) is 3.99. The van der Waals surface area contributed by atoms with E-state index in [-0.39, 0.29) is 6.20 Å². The van der Waals surface area contributed by atoms with Crippen LogP contribution in [0, 0.1) is 0 Å². The lowest BCUT2D eigenvalue weighted by molar-refractivity contribution is -0.138. The summed E-state index contributed by atoms with van der Waals surface area (Å²) in [5.41, 5.74) is -5.21. The maximum Gasteiger partial charge on any atom is 0.421 e. The molecule has 90 valence electrons. The third kappa shape index (κ3) is 2.21. The zero-order chi connectivity index (χ0) is 12.5. The SMILES string of the molecule is O=c1c(C(F)(F)F)c[nH]c(C(F)F)c1CO. The second-order valence-electron chi connectivity index (χ2n) is 2.88. The van der Waals surface area contributed by atoms with Crippen LogP contribution in [0.1, 0.15) is 23.2 Å². The fourth-order valence-corrected chi connectivity index (χ4v) is 1.15. The molecule has 0 saturated carbocycles. The number of nitrogens with one attached hydrogen (secondary N) is 1. The van der Waals surface area contributed by atoms with E-state index in [9.17, 15) is 26.7 Å². The van der Waals surface area contributed by atoms with Crippen molar-refractivity contribution in [2.75, 3.05) is 0 Å². The van der Waals surface area contributed by atoms with Crippen LogP contribution in [-0.4, -0.2) is 10.1 Å². The summed E-state index contributed by atoms with van der Waals surface area (Å²) in [4.78, 5) is 12.8. The monoisotopic (exact) mass is 243 g/mol. The number of aromatic amines is 1. The standard InChI is InChI=1S/C8H6F5NO2/c9-7(10)5-3(2-15)6(16)4(1-14-5)8(11,12)13/h1,7,15H,2H2,(H,14,16). The Kier molecular flexibility index (Phi) is 3.32. The molecule has 0 aliphatic carbocycles. The summed E-state index contributed by atoms with van der Waals surface area (Å²) >= 11 is 0. The summed E-state index contributed by atoms with van der Waals surface area (Å²) in [5, 5.41) is 8.62. The predicted octanol–water partition coefficient (Wildman–Crippen LogP) is 1.82. The van der Waals surface area contributed by atoms with Crippen LogP contribution in [0.2, 0.25) is 0 Å². The Hall–Kier alpha value is -1.44. The van der Waals surface area contributed by atoms with Crippen molar-refractivity contribution in [1.82, 2.24) is 4.98 Å². The molecular weight excluding hydrogens is 237 g/mol. The van der Waals surface area contributed by atoms with E-state index in [0.29, 0.717) is 0 Å². The number of hydrogen-bond donors (Lipinski definition) is 2. The van der Waals surface area contributed by atoms with Gasteiger partial charge in [0.05, 0.1) is 17.9 Å². The van der Waals surface area contributed by atoms with Gasteiger partial charge in [-0.25, -0.2) is 8.78 Å². The molecule has 8 heteroatoms. The van der Waals surface area contributed by atoms with Gasteiger partial charge in [-0.05, 0) is 0 Å². The molecule has 0 fully saturated rings. The summed E-state index contributed by atoms with van der Waals surface area (Å²) in [6.45, 7) is -1.18. The molecule has 1 rings (SSSR count). The second-order valence-corrected chi connectivity index (χ2v) is 2.88. The molecule has 1 aromatic heterocycles. The minimum Gasteiger partial charge on any atom is -0.391 e. The van der Waals surface area contributed by atoms with Gasteiger partial charge in [0.2, 0.25) is 0 Å². The minimum absolute atomic E-state index is 0.170. The smallest absolute Gasteiger partial charge is 0.391 e. The molecule has 0 spiro atoms. The number of aliphatic hydroxyl groups excluding tert-OH is 1. The first kappa shape index (κ1) is 12.6. The lowest BCUT2D eigenvalue weighted by Crippen LogP contribution is -2.25. The van der Waals surface area contributed by atoms with Crippen LogP contribution < -0.4 is 5.43 Å². The minimum atomic E-state index is -4.95. The van der Waals surface area contributed by atoms with Crippen LogP contribution in [-0.2, 0) is 12.8 Å². The number of rotatable bonds is 2. The third-order valence-corrected chi connectivity index (χ3v) is 1.90. The molecule has 0 aliphatic heterocycles. The second kappa shape index (κ2) is 4.20. The molecule has 2 N–H and O–H groups in total. The van der Waals surface area contributed by atoms with E-state index in [2.05, 4.69) is 0 Å².